The molecule has 1 amide bonds. The number of carbonyl (C=O) groups is 1. The van der Waals surface area contributed by atoms with E-state index in [-0.39, 0.29) is 5.91 Å². The maximum absolute atomic E-state index is 11.7. The number of amides is 1. The zero-order valence-corrected chi connectivity index (χ0v) is 11.4. The summed E-state index contributed by atoms with van der Waals surface area (Å²) in [6.45, 7) is 0.637. The highest BCUT2D eigenvalue weighted by Gasteiger charge is 2.08. The van der Waals surface area contributed by atoms with Crippen molar-refractivity contribution in [3.05, 3.63) is 50.9 Å². The van der Waals surface area contributed by atoms with Gasteiger partial charge in [-0.1, -0.05) is 30.3 Å². The number of aromatic nitrogens is 1. The number of benzene rings is 1. The van der Waals surface area contributed by atoms with Gasteiger partial charge in [0.1, 0.15) is 4.88 Å². The monoisotopic (exact) mass is 310 g/mol. The average molecular weight is 311 g/mol. The lowest BCUT2D eigenvalue weighted by atomic mass is 10.1. The summed E-state index contributed by atoms with van der Waals surface area (Å²) in [5.41, 5.74) is 1.22. The Kier molecular flexibility index (Phi) is 4.28. The summed E-state index contributed by atoms with van der Waals surface area (Å²) in [5, 5.41) is 2.87. The SMILES string of the molecule is O=C(NCCc1ccccc1)c1cnc(Br)s1. The summed E-state index contributed by atoms with van der Waals surface area (Å²) >= 11 is 4.57. The molecule has 0 atom stereocenters. The minimum absolute atomic E-state index is 0.0656. The average Bonchev–Trinajstić information content (AvgIpc) is 2.77. The van der Waals surface area contributed by atoms with Gasteiger partial charge in [-0.15, -0.1) is 11.3 Å². The minimum atomic E-state index is -0.0656. The second-order valence-corrected chi connectivity index (χ2v) is 5.78. The Morgan fingerprint density at radius 3 is 2.76 bits per heavy atom. The summed E-state index contributed by atoms with van der Waals surface area (Å²) in [6.07, 6.45) is 2.42. The number of nitrogens with one attached hydrogen (secondary N) is 1. The van der Waals surface area contributed by atoms with Crippen LogP contribution in [0.1, 0.15) is 15.2 Å². The predicted octanol–water partition coefficient (Wildman–Crippen LogP) is 2.88. The molecule has 0 radical (unpaired) electrons. The van der Waals surface area contributed by atoms with Crippen molar-refractivity contribution in [1.29, 1.82) is 0 Å². The van der Waals surface area contributed by atoms with E-state index in [0.29, 0.717) is 11.4 Å². The number of halogens is 1. The fourth-order valence-corrected chi connectivity index (χ4v) is 2.59. The Balaban J connectivity index is 1.81. The summed E-state index contributed by atoms with van der Waals surface area (Å²) in [5.74, 6) is -0.0656. The first-order chi connectivity index (χ1) is 8.25. The van der Waals surface area contributed by atoms with Crippen LogP contribution in [0, 0.1) is 0 Å². The maximum atomic E-state index is 11.7. The third-order valence-electron chi connectivity index (χ3n) is 2.24. The first kappa shape index (κ1) is 12.3. The highest BCUT2D eigenvalue weighted by molar-refractivity contribution is 9.11. The van der Waals surface area contributed by atoms with Gasteiger partial charge < -0.3 is 5.32 Å². The molecule has 0 aliphatic rings. The molecule has 88 valence electrons. The lowest BCUT2D eigenvalue weighted by molar-refractivity contribution is 0.0958. The molecule has 1 aromatic heterocycles. The van der Waals surface area contributed by atoms with Gasteiger partial charge in [0.05, 0.1) is 6.20 Å². The zero-order chi connectivity index (χ0) is 12.1. The number of carbonyl (C=O) groups excluding carboxylic acids is 1. The van der Waals surface area contributed by atoms with Gasteiger partial charge >= 0.3 is 0 Å². The Labute approximate surface area is 112 Å². The van der Waals surface area contributed by atoms with Gasteiger partial charge in [-0.05, 0) is 27.9 Å². The molecule has 0 bridgehead atoms. The standard InChI is InChI=1S/C12H11BrN2OS/c13-12-15-8-10(17-12)11(16)14-7-6-9-4-2-1-3-5-9/h1-5,8H,6-7H2,(H,14,16). The topological polar surface area (TPSA) is 42.0 Å². The zero-order valence-electron chi connectivity index (χ0n) is 9.02. The van der Waals surface area contributed by atoms with Gasteiger partial charge in [-0.25, -0.2) is 4.98 Å². The molecule has 3 nitrogen and oxygen atoms in total. The molecule has 2 rings (SSSR count). The van der Waals surface area contributed by atoms with E-state index >= 15 is 0 Å². The molecule has 1 aromatic carbocycles. The van der Waals surface area contributed by atoms with E-state index in [1.54, 1.807) is 6.20 Å². The molecular weight excluding hydrogens is 300 g/mol. The van der Waals surface area contributed by atoms with Crippen molar-refractivity contribution in [3.8, 4) is 0 Å². The van der Waals surface area contributed by atoms with Crippen LogP contribution in [-0.4, -0.2) is 17.4 Å². The molecule has 1 heterocycles. The lowest BCUT2D eigenvalue weighted by Gasteiger charge is -2.03. The fraction of sp³-hybridized carbons (Fsp3) is 0.167. The molecule has 0 saturated carbocycles. The fourth-order valence-electron chi connectivity index (χ4n) is 1.41. The first-order valence-corrected chi connectivity index (χ1v) is 6.80. The Hall–Kier alpha value is -1.20. The summed E-state index contributed by atoms with van der Waals surface area (Å²) in [7, 11) is 0. The van der Waals surface area contributed by atoms with Crippen LogP contribution in [0.25, 0.3) is 0 Å². The van der Waals surface area contributed by atoms with Crippen LogP contribution in [0.3, 0.4) is 0 Å². The lowest BCUT2D eigenvalue weighted by Crippen LogP contribution is -2.24. The van der Waals surface area contributed by atoms with E-state index in [4.69, 9.17) is 0 Å². The highest BCUT2D eigenvalue weighted by atomic mass is 79.9. The number of rotatable bonds is 4. The van der Waals surface area contributed by atoms with Gasteiger partial charge in [0.2, 0.25) is 0 Å². The quantitative estimate of drug-likeness (QED) is 0.943. The number of hydrogen-bond donors (Lipinski definition) is 1. The van der Waals surface area contributed by atoms with Crippen LogP contribution < -0.4 is 5.32 Å². The smallest absolute Gasteiger partial charge is 0.263 e. The van der Waals surface area contributed by atoms with Crippen molar-refractivity contribution < 1.29 is 4.79 Å². The van der Waals surface area contributed by atoms with Gasteiger partial charge in [0.25, 0.3) is 5.91 Å². The normalized spacial score (nSPS) is 10.2. The van der Waals surface area contributed by atoms with Crippen LogP contribution in [-0.2, 0) is 6.42 Å². The van der Waals surface area contributed by atoms with Crippen molar-refractivity contribution in [1.82, 2.24) is 10.3 Å². The summed E-state index contributed by atoms with van der Waals surface area (Å²) in [4.78, 5) is 16.3. The molecule has 0 fully saturated rings. The molecule has 0 unspecified atom stereocenters. The predicted molar refractivity (Wildman–Crippen MR) is 72.3 cm³/mol. The van der Waals surface area contributed by atoms with Gasteiger partial charge in [0, 0.05) is 6.54 Å². The molecule has 5 heteroatoms. The van der Waals surface area contributed by atoms with E-state index in [1.807, 2.05) is 18.2 Å². The Bertz CT molecular complexity index is 498. The van der Waals surface area contributed by atoms with Gasteiger partial charge in [-0.2, -0.15) is 0 Å². The molecule has 0 aliphatic carbocycles. The van der Waals surface area contributed by atoms with E-state index in [0.717, 1.165) is 10.3 Å². The van der Waals surface area contributed by atoms with Crippen molar-refractivity contribution in [3.63, 3.8) is 0 Å². The number of thiazole rings is 1. The van der Waals surface area contributed by atoms with E-state index in [1.165, 1.54) is 16.9 Å². The van der Waals surface area contributed by atoms with Crippen LogP contribution >= 0.6 is 27.3 Å². The maximum Gasteiger partial charge on any atom is 0.263 e. The second kappa shape index (κ2) is 5.93. The molecule has 0 spiro atoms. The van der Waals surface area contributed by atoms with Crippen molar-refractivity contribution >= 4 is 33.2 Å². The summed E-state index contributed by atoms with van der Waals surface area (Å²) in [6, 6.07) is 10.1. The van der Waals surface area contributed by atoms with Crippen molar-refractivity contribution in [2.75, 3.05) is 6.54 Å². The number of nitrogens with zero attached hydrogens (tertiary/aromatic N) is 1. The van der Waals surface area contributed by atoms with E-state index < -0.39 is 0 Å². The van der Waals surface area contributed by atoms with Crippen molar-refractivity contribution in [2.45, 2.75) is 6.42 Å². The van der Waals surface area contributed by atoms with Crippen molar-refractivity contribution in [2.24, 2.45) is 0 Å². The summed E-state index contributed by atoms with van der Waals surface area (Å²) < 4.78 is 0.728. The Morgan fingerprint density at radius 2 is 2.12 bits per heavy atom. The van der Waals surface area contributed by atoms with Crippen LogP contribution in [0.5, 0.6) is 0 Å². The van der Waals surface area contributed by atoms with Crippen LogP contribution in [0.15, 0.2) is 40.4 Å². The molecule has 17 heavy (non-hydrogen) atoms. The minimum Gasteiger partial charge on any atom is -0.351 e. The third kappa shape index (κ3) is 3.64. The third-order valence-corrected chi connectivity index (χ3v) is 3.72. The van der Waals surface area contributed by atoms with Crippen LogP contribution in [0.4, 0.5) is 0 Å². The molecular formula is C12H11BrN2OS. The second-order valence-electron chi connectivity index (χ2n) is 3.47. The Morgan fingerprint density at radius 1 is 1.35 bits per heavy atom. The molecule has 0 saturated heterocycles. The largest absolute Gasteiger partial charge is 0.351 e. The van der Waals surface area contributed by atoms with Crippen LogP contribution in [0.2, 0.25) is 0 Å². The highest BCUT2D eigenvalue weighted by Crippen LogP contribution is 2.17. The van der Waals surface area contributed by atoms with E-state index in [2.05, 4.69) is 38.4 Å². The molecule has 1 N–H and O–H groups in total. The molecule has 0 aliphatic heterocycles. The van der Waals surface area contributed by atoms with Gasteiger partial charge in [-0.3, -0.25) is 4.79 Å². The number of hydrogen-bond acceptors (Lipinski definition) is 3. The molecule has 2 aromatic rings. The van der Waals surface area contributed by atoms with E-state index in [9.17, 15) is 4.79 Å². The first-order valence-electron chi connectivity index (χ1n) is 5.19. The van der Waals surface area contributed by atoms with Gasteiger partial charge in [0.15, 0.2) is 3.92 Å².